The van der Waals surface area contributed by atoms with Gasteiger partial charge in [-0.05, 0) is 19.1 Å². The van der Waals surface area contributed by atoms with Gasteiger partial charge in [0.05, 0.1) is 23.4 Å². The fourth-order valence-electron chi connectivity index (χ4n) is 2.68. The minimum atomic E-state index is -0.687. The van der Waals surface area contributed by atoms with Crippen LogP contribution in [-0.2, 0) is 0 Å². The van der Waals surface area contributed by atoms with Crippen LogP contribution in [0.15, 0.2) is 35.3 Å². The molecule has 2 N–H and O–H groups in total. The molecule has 0 saturated heterocycles. The predicted octanol–water partition coefficient (Wildman–Crippen LogP) is 3.64. The lowest BCUT2D eigenvalue weighted by atomic mass is 10.1. The van der Waals surface area contributed by atoms with E-state index in [1.165, 1.54) is 24.3 Å². The Morgan fingerprint density at radius 2 is 2.07 bits per heavy atom. The molecule has 0 aliphatic rings. The number of aromatic nitrogens is 4. The Balaban J connectivity index is 1.89. The standard InChI is InChI=1S/C18H10F2N6OS/c1-8-23-12(5-13(27)24-8)25-17-16-15(11(20)7-22-17)26-18(28-16)14-9(6-21)3-2-4-10(14)19/h2-5,7H,1H3,(H2,22,23,24,25,27). The number of hydrogen-bond donors (Lipinski definition) is 2. The highest BCUT2D eigenvalue weighted by Gasteiger charge is 2.20. The molecule has 0 saturated carbocycles. The molecule has 0 fully saturated rings. The molecule has 0 unspecified atom stereocenters. The van der Waals surface area contributed by atoms with Crippen LogP contribution in [0.3, 0.4) is 0 Å². The molecular formula is C18H10F2N6OS. The zero-order valence-corrected chi connectivity index (χ0v) is 15.1. The van der Waals surface area contributed by atoms with Gasteiger partial charge in [0, 0.05) is 6.07 Å². The lowest BCUT2D eigenvalue weighted by molar-refractivity contribution is 0.629. The van der Waals surface area contributed by atoms with Gasteiger partial charge in [0.25, 0.3) is 5.56 Å². The summed E-state index contributed by atoms with van der Waals surface area (Å²) in [5, 5.41) is 12.3. The van der Waals surface area contributed by atoms with Crippen LogP contribution in [0.2, 0.25) is 0 Å². The number of aromatic amines is 1. The molecule has 10 heteroatoms. The molecule has 0 bridgehead atoms. The molecular weight excluding hydrogens is 386 g/mol. The predicted molar refractivity (Wildman–Crippen MR) is 100 cm³/mol. The van der Waals surface area contributed by atoms with Crippen molar-refractivity contribution in [2.24, 2.45) is 0 Å². The lowest BCUT2D eigenvalue weighted by Crippen LogP contribution is -2.10. The number of thiazole rings is 1. The Labute approximate surface area is 160 Å². The number of aryl methyl sites for hydroxylation is 1. The minimum absolute atomic E-state index is 0.00155. The maximum absolute atomic E-state index is 14.3. The van der Waals surface area contributed by atoms with Crippen molar-refractivity contribution in [2.75, 3.05) is 5.32 Å². The Morgan fingerprint density at radius 1 is 1.25 bits per heavy atom. The normalized spacial score (nSPS) is 10.8. The van der Waals surface area contributed by atoms with Crippen molar-refractivity contribution in [3.8, 4) is 16.6 Å². The fraction of sp³-hybridized carbons (Fsp3) is 0.0556. The zero-order valence-electron chi connectivity index (χ0n) is 14.2. The first-order valence-corrected chi connectivity index (χ1v) is 8.77. The highest BCUT2D eigenvalue weighted by molar-refractivity contribution is 7.22. The molecule has 4 rings (SSSR count). The topological polar surface area (TPSA) is 107 Å². The number of fused-ring (bicyclic) bond motifs is 1. The summed E-state index contributed by atoms with van der Waals surface area (Å²) in [6, 6.07) is 7.23. The molecule has 7 nitrogen and oxygen atoms in total. The lowest BCUT2D eigenvalue weighted by Gasteiger charge is -2.05. The van der Waals surface area contributed by atoms with Gasteiger partial charge in [-0.3, -0.25) is 4.79 Å². The van der Waals surface area contributed by atoms with Gasteiger partial charge in [0.15, 0.2) is 11.6 Å². The molecule has 28 heavy (non-hydrogen) atoms. The molecule has 0 spiro atoms. The van der Waals surface area contributed by atoms with Gasteiger partial charge in [-0.25, -0.2) is 23.7 Å². The first-order valence-electron chi connectivity index (χ1n) is 7.95. The van der Waals surface area contributed by atoms with Crippen molar-refractivity contribution in [1.82, 2.24) is 19.9 Å². The average molecular weight is 396 g/mol. The Morgan fingerprint density at radius 3 is 2.82 bits per heavy atom. The number of pyridine rings is 1. The van der Waals surface area contributed by atoms with Crippen LogP contribution in [0.25, 0.3) is 20.8 Å². The minimum Gasteiger partial charge on any atom is -0.323 e. The third kappa shape index (κ3) is 3.08. The van der Waals surface area contributed by atoms with Crippen molar-refractivity contribution >= 4 is 33.2 Å². The quantitative estimate of drug-likeness (QED) is 0.547. The molecule has 0 aliphatic carbocycles. The van der Waals surface area contributed by atoms with E-state index >= 15 is 0 Å². The number of H-pyrrole nitrogens is 1. The summed E-state index contributed by atoms with van der Waals surface area (Å²) < 4.78 is 28.9. The van der Waals surface area contributed by atoms with E-state index in [9.17, 15) is 18.8 Å². The fourth-order valence-corrected chi connectivity index (χ4v) is 3.76. The van der Waals surface area contributed by atoms with Gasteiger partial charge in [0.2, 0.25) is 0 Å². The first-order chi connectivity index (χ1) is 13.5. The zero-order chi connectivity index (χ0) is 19.8. The van der Waals surface area contributed by atoms with Crippen LogP contribution in [0, 0.1) is 29.9 Å². The van der Waals surface area contributed by atoms with Crippen LogP contribution in [0.4, 0.5) is 20.4 Å². The van der Waals surface area contributed by atoms with Crippen molar-refractivity contribution in [3.63, 3.8) is 0 Å². The SMILES string of the molecule is Cc1nc(Nc2ncc(F)c3nc(-c4c(F)cccc4C#N)sc23)cc(=O)[nH]1. The molecule has 3 heterocycles. The molecule has 138 valence electrons. The molecule has 4 aromatic rings. The van der Waals surface area contributed by atoms with Crippen LogP contribution in [-0.4, -0.2) is 19.9 Å². The van der Waals surface area contributed by atoms with Gasteiger partial charge in [-0.15, -0.1) is 11.3 Å². The number of nitriles is 1. The van der Waals surface area contributed by atoms with Crippen molar-refractivity contribution < 1.29 is 8.78 Å². The Kier molecular flexibility index (Phi) is 4.29. The third-order valence-corrected chi connectivity index (χ3v) is 4.91. The number of rotatable bonds is 3. The second-order valence-corrected chi connectivity index (χ2v) is 6.77. The maximum Gasteiger partial charge on any atom is 0.252 e. The molecule has 0 radical (unpaired) electrons. The van der Waals surface area contributed by atoms with E-state index in [-0.39, 0.29) is 38.8 Å². The maximum atomic E-state index is 14.3. The number of anilines is 2. The number of benzene rings is 1. The summed E-state index contributed by atoms with van der Waals surface area (Å²) in [7, 11) is 0. The average Bonchev–Trinajstić information content (AvgIpc) is 3.09. The van der Waals surface area contributed by atoms with Gasteiger partial charge >= 0.3 is 0 Å². The van der Waals surface area contributed by atoms with E-state index in [1.807, 2.05) is 6.07 Å². The third-order valence-electron chi connectivity index (χ3n) is 3.83. The number of nitrogens with one attached hydrogen (secondary N) is 2. The molecule has 0 amide bonds. The summed E-state index contributed by atoms with van der Waals surface area (Å²) >= 11 is 0.982. The second-order valence-electron chi connectivity index (χ2n) is 5.77. The van der Waals surface area contributed by atoms with Gasteiger partial charge < -0.3 is 10.3 Å². The molecule has 0 atom stereocenters. The number of halogens is 2. The summed E-state index contributed by atoms with van der Waals surface area (Å²) in [6.45, 7) is 1.62. The Bertz CT molecular complexity index is 1320. The van der Waals surface area contributed by atoms with Crippen molar-refractivity contribution in [2.45, 2.75) is 6.92 Å². The van der Waals surface area contributed by atoms with E-state index in [4.69, 9.17) is 0 Å². The van der Waals surface area contributed by atoms with E-state index in [0.29, 0.717) is 10.5 Å². The van der Waals surface area contributed by atoms with Crippen LogP contribution in [0.1, 0.15) is 11.4 Å². The first kappa shape index (κ1) is 17.7. The summed E-state index contributed by atoms with van der Waals surface area (Å²) in [4.78, 5) is 26.5. The Hall–Kier alpha value is -3.71. The van der Waals surface area contributed by atoms with Crippen molar-refractivity contribution in [3.05, 3.63) is 63.8 Å². The van der Waals surface area contributed by atoms with Gasteiger partial charge in [-0.1, -0.05) is 6.07 Å². The van der Waals surface area contributed by atoms with E-state index < -0.39 is 11.6 Å². The summed E-state index contributed by atoms with van der Waals surface area (Å²) in [6.07, 6.45) is 0.973. The van der Waals surface area contributed by atoms with E-state index in [2.05, 4.69) is 25.3 Å². The molecule has 0 aliphatic heterocycles. The largest absolute Gasteiger partial charge is 0.323 e. The van der Waals surface area contributed by atoms with Crippen LogP contribution >= 0.6 is 11.3 Å². The smallest absolute Gasteiger partial charge is 0.252 e. The molecule has 1 aromatic carbocycles. The van der Waals surface area contributed by atoms with E-state index in [0.717, 1.165) is 17.5 Å². The second kappa shape index (κ2) is 6.79. The highest BCUT2D eigenvalue weighted by Crippen LogP contribution is 2.37. The summed E-state index contributed by atoms with van der Waals surface area (Å²) in [5.41, 5.74) is -0.287. The monoisotopic (exact) mass is 396 g/mol. The van der Waals surface area contributed by atoms with Gasteiger partial charge in [0.1, 0.15) is 32.7 Å². The van der Waals surface area contributed by atoms with Crippen LogP contribution in [0.5, 0.6) is 0 Å². The summed E-state index contributed by atoms with van der Waals surface area (Å²) in [5.74, 6) is -0.489. The van der Waals surface area contributed by atoms with Crippen molar-refractivity contribution in [1.29, 1.82) is 5.26 Å². The molecule has 3 aromatic heterocycles. The van der Waals surface area contributed by atoms with Gasteiger partial charge in [-0.2, -0.15) is 5.26 Å². The number of nitrogens with zero attached hydrogens (tertiary/aromatic N) is 4. The highest BCUT2D eigenvalue weighted by atomic mass is 32.1. The number of hydrogen-bond acceptors (Lipinski definition) is 7. The van der Waals surface area contributed by atoms with Crippen LogP contribution < -0.4 is 10.9 Å². The van der Waals surface area contributed by atoms with E-state index in [1.54, 1.807) is 6.92 Å².